The molecule has 0 atom stereocenters. The summed E-state index contributed by atoms with van der Waals surface area (Å²) >= 11 is 0. The van der Waals surface area contributed by atoms with Gasteiger partial charge in [0, 0.05) is 19.1 Å². The highest BCUT2D eigenvalue weighted by atomic mass is 15.2. The Morgan fingerprint density at radius 2 is 1.80 bits per heavy atom. The van der Waals surface area contributed by atoms with Crippen LogP contribution in [0.3, 0.4) is 0 Å². The quantitative estimate of drug-likeness (QED) is 0.655. The number of piperidine rings is 1. The molecule has 1 rings (SSSR count). The lowest BCUT2D eigenvalue weighted by atomic mass is 10.0. The van der Waals surface area contributed by atoms with Crippen molar-refractivity contribution in [3.63, 3.8) is 0 Å². The Morgan fingerprint density at radius 1 is 1.13 bits per heavy atom. The molecule has 1 radical (unpaired) electrons. The van der Waals surface area contributed by atoms with Gasteiger partial charge in [-0.25, -0.2) is 5.32 Å². The van der Waals surface area contributed by atoms with Gasteiger partial charge < -0.3 is 9.80 Å². The first kappa shape index (κ1) is 12.9. The molecule has 89 valence electrons. The van der Waals surface area contributed by atoms with Crippen molar-refractivity contribution in [1.29, 1.82) is 0 Å². The lowest BCUT2D eigenvalue weighted by Gasteiger charge is -2.33. The SMILES string of the molecule is CCN(CCCN(C)C)C1CC[N]CC1. The maximum atomic E-state index is 4.42. The van der Waals surface area contributed by atoms with Crippen LogP contribution in [0.5, 0.6) is 0 Å². The van der Waals surface area contributed by atoms with Gasteiger partial charge in [0.2, 0.25) is 0 Å². The molecule has 3 nitrogen and oxygen atoms in total. The second-order valence-corrected chi connectivity index (χ2v) is 4.69. The van der Waals surface area contributed by atoms with E-state index >= 15 is 0 Å². The first-order valence-corrected chi connectivity index (χ1v) is 6.26. The summed E-state index contributed by atoms with van der Waals surface area (Å²) in [5, 5.41) is 4.42. The van der Waals surface area contributed by atoms with Gasteiger partial charge in [-0.15, -0.1) is 0 Å². The molecule has 0 amide bonds. The molecule has 1 heterocycles. The van der Waals surface area contributed by atoms with Crippen LogP contribution in [-0.4, -0.2) is 62.7 Å². The zero-order chi connectivity index (χ0) is 11.1. The van der Waals surface area contributed by atoms with E-state index in [1.54, 1.807) is 0 Å². The Bertz CT molecular complexity index is 153. The minimum Gasteiger partial charge on any atom is -0.309 e. The molecule has 0 spiro atoms. The molecule has 0 unspecified atom stereocenters. The van der Waals surface area contributed by atoms with Crippen LogP contribution < -0.4 is 5.32 Å². The molecule has 3 heteroatoms. The van der Waals surface area contributed by atoms with Gasteiger partial charge in [-0.1, -0.05) is 6.92 Å². The predicted octanol–water partition coefficient (Wildman–Crippen LogP) is 1.03. The first-order valence-electron chi connectivity index (χ1n) is 6.26. The normalized spacial score (nSPS) is 19.0. The molecule has 15 heavy (non-hydrogen) atoms. The average Bonchev–Trinajstić information content (AvgIpc) is 2.25. The van der Waals surface area contributed by atoms with E-state index in [-0.39, 0.29) is 0 Å². The van der Waals surface area contributed by atoms with Crippen LogP contribution in [0.15, 0.2) is 0 Å². The van der Waals surface area contributed by atoms with Gasteiger partial charge in [-0.2, -0.15) is 0 Å². The molecule has 1 fully saturated rings. The van der Waals surface area contributed by atoms with Crippen LogP contribution in [0.4, 0.5) is 0 Å². The monoisotopic (exact) mass is 212 g/mol. The van der Waals surface area contributed by atoms with E-state index < -0.39 is 0 Å². The van der Waals surface area contributed by atoms with Crippen molar-refractivity contribution >= 4 is 0 Å². The molecule has 0 aromatic rings. The van der Waals surface area contributed by atoms with E-state index in [0.29, 0.717) is 0 Å². The summed E-state index contributed by atoms with van der Waals surface area (Å²) in [6.45, 7) is 8.08. The first-order chi connectivity index (χ1) is 7.24. The summed E-state index contributed by atoms with van der Waals surface area (Å²) in [4.78, 5) is 4.90. The highest BCUT2D eigenvalue weighted by Crippen LogP contribution is 2.12. The van der Waals surface area contributed by atoms with Crippen LogP contribution in [0.25, 0.3) is 0 Å². The second-order valence-electron chi connectivity index (χ2n) is 4.69. The highest BCUT2D eigenvalue weighted by Gasteiger charge is 2.19. The maximum absolute atomic E-state index is 4.42. The van der Waals surface area contributed by atoms with Crippen molar-refractivity contribution in [2.45, 2.75) is 32.2 Å². The molecule has 1 saturated heterocycles. The van der Waals surface area contributed by atoms with Crippen molar-refractivity contribution < 1.29 is 0 Å². The van der Waals surface area contributed by atoms with E-state index in [1.165, 1.54) is 38.9 Å². The molecule has 1 aliphatic heterocycles. The second kappa shape index (κ2) is 7.20. The Hall–Kier alpha value is -0.120. The van der Waals surface area contributed by atoms with Gasteiger partial charge in [-0.05, 0) is 53.0 Å². The number of hydrogen-bond acceptors (Lipinski definition) is 2. The maximum Gasteiger partial charge on any atom is 0.0148 e. The molecular weight excluding hydrogens is 186 g/mol. The standard InChI is InChI=1S/C12H26N3/c1-4-15(11-5-10-14(2)3)12-6-8-13-9-7-12/h12H,4-11H2,1-3H3. The predicted molar refractivity (Wildman–Crippen MR) is 65.3 cm³/mol. The van der Waals surface area contributed by atoms with E-state index in [2.05, 4.69) is 36.1 Å². The van der Waals surface area contributed by atoms with Gasteiger partial charge in [0.05, 0.1) is 0 Å². The van der Waals surface area contributed by atoms with Gasteiger partial charge in [0.25, 0.3) is 0 Å². The molecule has 0 saturated carbocycles. The summed E-state index contributed by atoms with van der Waals surface area (Å²) < 4.78 is 0. The molecular formula is C12H26N3. The van der Waals surface area contributed by atoms with Crippen LogP contribution in [-0.2, 0) is 0 Å². The Morgan fingerprint density at radius 3 is 2.33 bits per heavy atom. The fourth-order valence-corrected chi connectivity index (χ4v) is 2.29. The summed E-state index contributed by atoms with van der Waals surface area (Å²) in [5.74, 6) is 0. The topological polar surface area (TPSA) is 20.6 Å². The zero-order valence-corrected chi connectivity index (χ0v) is 10.6. The Labute approximate surface area is 94.8 Å². The van der Waals surface area contributed by atoms with Crippen molar-refractivity contribution in [3.05, 3.63) is 0 Å². The molecule has 0 aliphatic carbocycles. The van der Waals surface area contributed by atoms with Crippen LogP contribution in [0.1, 0.15) is 26.2 Å². The molecule has 0 aromatic carbocycles. The summed E-state index contributed by atoms with van der Waals surface area (Å²) in [5.41, 5.74) is 0. The molecule has 0 aromatic heterocycles. The fourth-order valence-electron chi connectivity index (χ4n) is 2.29. The summed E-state index contributed by atoms with van der Waals surface area (Å²) in [6, 6.07) is 0.801. The largest absolute Gasteiger partial charge is 0.309 e. The van der Waals surface area contributed by atoms with Crippen molar-refractivity contribution in [3.8, 4) is 0 Å². The third kappa shape index (κ3) is 4.96. The van der Waals surface area contributed by atoms with Crippen LogP contribution >= 0.6 is 0 Å². The average molecular weight is 212 g/mol. The Kier molecular flexibility index (Phi) is 6.22. The summed E-state index contributed by atoms with van der Waals surface area (Å²) in [7, 11) is 4.30. The molecule has 0 bridgehead atoms. The van der Waals surface area contributed by atoms with Crippen molar-refractivity contribution in [1.82, 2.24) is 15.1 Å². The van der Waals surface area contributed by atoms with E-state index in [9.17, 15) is 0 Å². The van der Waals surface area contributed by atoms with Gasteiger partial charge in [-0.3, -0.25) is 0 Å². The number of hydrogen-bond donors (Lipinski definition) is 0. The van der Waals surface area contributed by atoms with Crippen molar-refractivity contribution in [2.75, 3.05) is 46.8 Å². The molecule has 1 aliphatic rings. The highest BCUT2D eigenvalue weighted by molar-refractivity contribution is 4.76. The van der Waals surface area contributed by atoms with E-state index in [1.807, 2.05) is 0 Å². The third-order valence-corrected chi connectivity index (χ3v) is 3.21. The third-order valence-electron chi connectivity index (χ3n) is 3.21. The summed E-state index contributed by atoms with van der Waals surface area (Å²) in [6.07, 6.45) is 3.83. The number of rotatable bonds is 6. The fraction of sp³-hybridized carbons (Fsp3) is 1.00. The molecule has 0 N–H and O–H groups in total. The van der Waals surface area contributed by atoms with Crippen LogP contribution in [0.2, 0.25) is 0 Å². The van der Waals surface area contributed by atoms with E-state index in [4.69, 9.17) is 0 Å². The van der Waals surface area contributed by atoms with E-state index in [0.717, 1.165) is 19.1 Å². The van der Waals surface area contributed by atoms with Crippen LogP contribution in [0, 0.1) is 0 Å². The minimum absolute atomic E-state index is 0.801. The van der Waals surface area contributed by atoms with Gasteiger partial charge >= 0.3 is 0 Å². The van der Waals surface area contributed by atoms with Crippen molar-refractivity contribution in [2.24, 2.45) is 0 Å². The Balaban J connectivity index is 2.21. The zero-order valence-electron chi connectivity index (χ0n) is 10.6. The number of nitrogens with zero attached hydrogens (tertiary/aromatic N) is 3. The van der Waals surface area contributed by atoms with Gasteiger partial charge in [0.15, 0.2) is 0 Å². The lowest BCUT2D eigenvalue weighted by molar-refractivity contribution is 0.162. The smallest absolute Gasteiger partial charge is 0.0148 e. The lowest BCUT2D eigenvalue weighted by Crippen LogP contribution is -2.42. The minimum atomic E-state index is 0.801. The van der Waals surface area contributed by atoms with Gasteiger partial charge in [0.1, 0.15) is 0 Å².